The van der Waals surface area contributed by atoms with Crippen LogP contribution in [0, 0.1) is 0 Å². The second-order valence-corrected chi connectivity index (χ2v) is 3.23. The number of aliphatic hydroxyl groups is 3. The summed E-state index contributed by atoms with van der Waals surface area (Å²) < 4.78 is 0. The number of rotatable bonds is 6. The van der Waals surface area contributed by atoms with E-state index in [2.05, 4.69) is 20.8 Å². The van der Waals surface area contributed by atoms with Crippen LogP contribution in [-0.4, -0.2) is 61.3 Å². The van der Waals surface area contributed by atoms with Crippen LogP contribution in [0.25, 0.3) is 0 Å². The Hall–Kier alpha value is 0.763. The Morgan fingerprint density at radius 1 is 0.562 bits per heavy atom. The summed E-state index contributed by atoms with van der Waals surface area (Å²) in [5, 5.41) is 24.2. The maximum absolute atomic E-state index is 8.07. The van der Waals surface area contributed by atoms with E-state index in [9.17, 15) is 0 Å². The zero-order valence-corrected chi connectivity index (χ0v) is 14.6. The van der Waals surface area contributed by atoms with E-state index in [4.69, 9.17) is 15.3 Å². The minimum absolute atomic E-state index is 0. The third-order valence-corrected chi connectivity index (χ3v) is 1.54. The van der Waals surface area contributed by atoms with Gasteiger partial charge in [-0.25, -0.2) is 0 Å². The Labute approximate surface area is 120 Å². The standard InChI is InChI=1S/3C4H10O.Bi/c3*1-2-3-4-5;/h3*5H,2-4H2,1H3;. The maximum Gasteiger partial charge on any atom is 0.0430 e. The summed E-state index contributed by atoms with van der Waals surface area (Å²) in [6.45, 7) is 7.19. The summed E-state index contributed by atoms with van der Waals surface area (Å²) in [6.07, 6.45) is 6.11. The number of hydrogen-bond acceptors (Lipinski definition) is 3. The van der Waals surface area contributed by atoms with Crippen LogP contribution in [-0.2, 0) is 0 Å². The van der Waals surface area contributed by atoms with Crippen LogP contribution in [0.4, 0.5) is 0 Å². The molecular formula is C12H30BiO3. The van der Waals surface area contributed by atoms with Gasteiger partial charge in [-0.15, -0.1) is 0 Å². The van der Waals surface area contributed by atoms with Gasteiger partial charge in [0.05, 0.1) is 0 Å². The van der Waals surface area contributed by atoms with Crippen LogP contribution in [0.3, 0.4) is 0 Å². The summed E-state index contributed by atoms with van der Waals surface area (Å²) in [7, 11) is 0. The van der Waals surface area contributed by atoms with Gasteiger partial charge in [0.2, 0.25) is 0 Å². The molecule has 0 aromatic carbocycles. The van der Waals surface area contributed by atoms with Gasteiger partial charge in [-0.2, -0.15) is 0 Å². The summed E-state index contributed by atoms with van der Waals surface area (Å²) >= 11 is 0. The van der Waals surface area contributed by atoms with Crippen LogP contribution >= 0.6 is 0 Å². The van der Waals surface area contributed by atoms with Crippen LogP contribution in [0.2, 0.25) is 0 Å². The van der Waals surface area contributed by atoms with E-state index >= 15 is 0 Å². The molecule has 0 fully saturated rings. The third kappa shape index (κ3) is 61.1. The van der Waals surface area contributed by atoms with Crippen molar-refractivity contribution in [2.24, 2.45) is 0 Å². The van der Waals surface area contributed by atoms with Crippen molar-refractivity contribution in [2.75, 3.05) is 19.8 Å². The van der Waals surface area contributed by atoms with E-state index in [0.29, 0.717) is 19.8 Å². The monoisotopic (exact) mass is 431 g/mol. The van der Waals surface area contributed by atoms with Crippen molar-refractivity contribution in [3.63, 3.8) is 0 Å². The first-order valence-corrected chi connectivity index (χ1v) is 6.07. The average Bonchev–Trinajstić information content (AvgIpc) is 2.23. The molecule has 0 aromatic heterocycles. The molecule has 3 nitrogen and oxygen atoms in total. The number of aliphatic hydroxyl groups excluding tert-OH is 3. The molecule has 0 spiro atoms. The van der Waals surface area contributed by atoms with Crippen LogP contribution in [0.15, 0.2) is 0 Å². The smallest absolute Gasteiger partial charge is 0.0430 e. The molecule has 0 saturated carbocycles. The minimum Gasteiger partial charge on any atom is -0.396 e. The fourth-order valence-electron chi connectivity index (χ4n) is 0.474. The van der Waals surface area contributed by atoms with E-state index in [0.717, 1.165) is 38.5 Å². The predicted molar refractivity (Wildman–Crippen MR) is 71.7 cm³/mol. The first-order chi connectivity index (χ1) is 7.24. The van der Waals surface area contributed by atoms with Crippen molar-refractivity contribution in [1.82, 2.24) is 0 Å². The van der Waals surface area contributed by atoms with Crippen molar-refractivity contribution >= 4 is 26.2 Å². The van der Waals surface area contributed by atoms with Gasteiger partial charge in [0.15, 0.2) is 0 Å². The van der Waals surface area contributed by atoms with E-state index in [-0.39, 0.29) is 26.2 Å². The first kappa shape index (κ1) is 25.6. The van der Waals surface area contributed by atoms with Crippen LogP contribution < -0.4 is 0 Å². The largest absolute Gasteiger partial charge is 0.396 e. The number of unbranched alkanes of at least 4 members (excludes halogenated alkanes) is 3. The third-order valence-electron chi connectivity index (χ3n) is 1.54. The molecule has 101 valence electrons. The average molecular weight is 431 g/mol. The summed E-state index contributed by atoms with van der Waals surface area (Å²) in [5.41, 5.74) is 0. The quantitative estimate of drug-likeness (QED) is 0.564. The van der Waals surface area contributed by atoms with Crippen LogP contribution in [0.5, 0.6) is 0 Å². The SMILES string of the molecule is CCCCO.CCCCO.CCCCO.[Bi]. The van der Waals surface area contributed by atoms with E-state index in [1.54, 1.807) is 0 Å². The van der Waals surface area contributed by atoms with Gasteiger partial charge in [0, 0.05) is 46.0 Å². The van der Waals surface area contributed by atoms with E-state index in [1.807, 2.05) is 0 Å². The molecule has 0 rings (SSSR count). The van der Waals surface area contributed by atoms with Crippen LogP contribution in [0.1, 0.15) is 59.3 Å². The van der Waals surface area contributed by atoms with Crippen molar-refractivity contribution in [2.45, 2.75) is 59.3 Å². The Bertz CT molecular complexity index is 53.0. The molecular weight excluding hydrogens is 401 g/mol. The zero-order chi connectivity index (χ0) is 12.4. The molecule has 0 saturated heterocycles. The number of hydrogen-bond donors (Lipinski definition) is 3. The van der Waals surface area contributed by atoms with E-state index in [1.165, 1.54) is 0 Å². The van der Waals surface area contributed by atoms with Gasteiger partial charge in [-0.1, -0.05) is 40.0 Å². The molecule has 16 heavy (non-hydrogen) atoms. The predicted octanol–water partition coefficient (Wildman–Crippen LogP) is 1.96. The summed E-state index contributed by atoms with van der Waals surface area (Å²) in [4.78, 5) is 0. The molecule has 4 heteroatoms. The molecule has 0 aliphatic heterocycles. The summed E-state index contributed by atoms with van der Waals surface area (Å²) in [6, 6.07) is 0. The second-order valence-electron chi connectivity index (χ2n) is 3.23. The van der Waals surface area contributed by atoms with Gasteiger partial charge in [0.25, 0.3) is 0 Å². The Morgan fingerprint density at radius 3 is 0.750 bits per heavy atom. The van der Waals surface area contributed by atoms with Gasteiger partial charge in [-0.3, -0.25) is 0 Å². The fourth-order valence-corrected chi connectivity index (χ4v) is 0.474. The van der Waals surface area contributed by atoms with E-state index < -0.39 is 0 Å². The van der Waals surface area contributed by atoms with Crippen molar-refractivity contribution in [1.29, 1.82) is 0 Å². The Kier molecular flexibility index (Phi) is 57.6. The van der Waals surface area contributed by atoms with Crippen molar-refractivity contribution in [3.8, 4) is 0 Å². The zero-order valence-electron chi connectivity index (χ0n) is 11.2. The van der Waals surface area contributed by atoms with Crippen molar-refractivity contribution in [3.05, 3.63) is 0 Å². The van der Waals surface area contributed by atoms with Gasteiger partial charge >= 0.3 is 0 Å². The van der Waals surface area contributed by atoms with Gasteiger partial charge < -0.3 is 15.3 Å². The minimum atomic E-state index is 0. The Morgan fingerprint density at radius 2 is 0.750 bits per heavy atom. The molecule has 0 aliphatic rings. The van der Waals surface area contributed by atoms with Gasteiger partial charge in [0.1, 0.15) is 0 Å². The fraction of sp³-hybridized carbons (Fsp3) is 1.00. The molecule has 3 N–H and O–H groups in total. The molecule has 0 atom stereocenters. The normalized spacial score (nSPS) is 7.88. The maximum atomic E-state index is 8.07. The molecule has 0 heterocycles. The molecule has 0 unspecified atom stereocenters. The Balaban J connectivity index is -0.0000000655. The van der Waals surface area contributed by atoms with Crippen molar-refractivity contribution < 1.29 is 15.3 Å². The molecule has 0 aliphatic carbocycles. The van der Waals surface area contributed by atoms with Gasteiger partial charge in [-0.05, 0) is 19.3 Å². The first-order valence-electron chi connectivity index (χ1n) is 6.07. The topological polar surface area (TPSA) is 60.7 Å². The molecule has 0 amide bonds. The summed E-state index contributed by atoms with van der Waals surface area (Å²) in [5.74, 6) is 0. The molecule has 3 radical (unpaired) electrons. The molecule has 0 aromatic rings. The molecule has 0 bridgehead atoms. The second kappa shape index (κ2) is 36.0.